The van der Waals surface area contributed by atoms with Crippen molar-refractivity contribution in [2.45, 2.75) is 0 Å². The second-order valence-corrected chi connectivity index (χ2v) is 2.35. The molecule has 1 rings (SSSR count). The first-order valence-corrected chi connectivity index (χ1v) is 3.83. The standard InChI is InChI=1S/C9H10FNO2/c10-5-6-13-9-3-1-8(2-4-9)7-11-12/h1-4,7,12H,5-6H2/b11-7-. The molecule has 13 heavy (non-hydrogen) atoms. The van der Waals surface area contributed by atoms with E-state index in [1.165, 1.54) is 6.21 Å². The van der Waals surface area contributed by atoms with Crippen LogP contribution in [0, 0.1) is 0 Å². The summed E-state index contributed by atoms with van der Waals surface area (Å²) in [5, 5.41) is 11.1. The minimum Gasteiger partial charge on any atom is -0.491 e. The predicted molar refractivity (Wildman–Crippen MR) is 47.3 cm³/mol. The number of hydrogen-bond donors (Lipinski definition) is 1. The van der Waals surface area contributed by atoms with Gasteiger partial charge in [-0.3, -0.25) is 0 Å². The van der Waals surface area contributed by atoms with E-state index in [2.05, 4.69) is 5.16 Å². The Kier molecular flexibility index (Phi) is 3.75. The zero-order valence-electron chi connectivity index (χ0n) is 6.98. The van der Waals surface area contributed by atoms with Crippen molar-refractivity contribution in [3.8, 4) is 5.75 Å². The molecule has 0 fully saturated rings. The number of halogens is 1. The minimum atomic E-state index is -0.500. The summed E-state index contributed by atoms with van der Waals surface area (Å²) < 4.78 is 16.7. The summed E-state index contributed by atoms with van der Waals surface area (Å²) in [7, 11) is 0. The van der Waals surface area contributed by atoms with Crippen LogP contribution in [-0.4, -0.2) is 24.7 Å². The average molecular weight is 183 g/mol. The van der Waals surface area contributed by atoms with E-state index in [-0.39, 0.29) is 6.61 Å². The van der Waals surface area contributed by atoms with Crippen LogP contribution in [0.3, 0.4) is 0 Å². The summed E-state index contributed by atoms with van der Waals surface area (Å²) in [5.74, 6) is 0.604. The summed E-state index contributed by atoms with van der Waals surface area (Å²) in [6.07, 6.45) is 1.30. The van der Waals surface area contributed by atoms with Gasteiger partial charge < -0.3 is 9.94 Å². The molecule has 0 amide bonds. The second-order valence-electron chi connectivity index (χ2n) is 2.35. The maximum Gasteiger partial charge on any atom is 0.123 e. The molecule has 4 heteroatoms. The van der Waals surface area contributed by atoms with Gasteiger partial charge >= 0.3 is 0 Å². The van der Waals surface area contributed by atoms with Gasteiger partial charge in [0, 0.05) is 0 Å². The molecule has 70 valence electrons. The van der Waals surface area contributed by atoms with Crippen LogP contribution in [-0.2, 0) is 0 Å². The van der Waals surface area contributed by atoms with Crippen molar-refractivity contribution in [1.29, 1.82) is 0 Å². The van der Waals surface area contributed by atoms with E-state index in [1.807, 2.05) is 0 Å². The number of nitrogens with zero attached hydrogens (tertiary/aromatic N) is 1. The molecule has 0 aliphatic carbocycles. The Morgan fingerprint density at radius 2 is 2.08 bits per heavy atom. The van der Waals surface area contributed by atoms with E-state index in [4.69, 9.17) is 9.94 Å². The lowest BCUT2D eigenvalue weighted by Crippen LogP contribution is -1.98. The molecule has 0 saturated carbocycles. The fraction of sp³-hybridized carbons (Fsp3) is 0.222. The van der Waals surface area contributed by atoms with Gasteiger partial charge in [-0.25, -0.2) is 4.39 Å². The van der Waals surface area contributed by atoms with Crippen molar-refractivity contribution in [3.63, 3.8) is 0 Å². The van der Waals surface area contributed by atoms with Crippen molar-refractivity contribution in [3.05, 3.63) is 29.8 Å². The molecular formula is C9H10FNO2. The Hall–Kier alpha value is -1.58. The topological polar surface area (TPSA) is 41.8 Å². The quantitative estimate of drug-likeness (QED) is 0.439. The lowest BCUT2D eigenvalue weighted by atomic mass is 10.2. The molecule has 3 nitrogen and oxygen atoms in total. The number of hydrogen-bond acceptors (Lipinski definition) is 3. The van der Waals surface area contributed by atoms with Gasteiger partial charge in [-0.05, 0) is 29.8 Å². The fourth-order valence-electron chi connectivity index (χ4n) is 0.873. The van der Waals surface area contributed by atoms with Crippen LogP contribution in [0.1, 0.15) is 5.56 Å². The SMILES string of the molecule is O/N=C\c1ccc(OCCF)cc1. The highest BCUT2D eigenvalue weighted by atomic mass is 19.1. The average Bonchev–Trinajstić information content (AvgIpc) is 2.17. The second kappa shape index (κ2) is 5.13. The van der Waals surface area contributed by atoms with Crippen LogP contribution in [0.25, 0.3) is 0 Å². The molecule has 1 N–H and O–H groups in total. The molecule has 1 aromatic carbocycles. The lowest BCUT2D eigenvalue weighted by Gasteiger charge is -2.02. The third-order valence-electron chi connectivity index (χ3n) is 1.43. The van der Waals surface area contributed by atoms with Gasteiger partial charge in [0.25, 0.3) is 0 Å². The van der Waals surface area contributed by atoms with Gasteiger partial charge in [0.05, 0.1) is 6.21 Å². The van der Waals surface area contributed by atoms with E-state index in [0.29, 0.717) is 5.75 Å². The van der Waals surface area contributed by atoms with Gasteiger partial charge in [0.1, 0.15) is 19.0 Å². The first-order valence-electron chi connectivity index (χ1n) is 3.83. The van der Waals surface area contributed by atoms with Crippen LogP contribution in [0.5, 0.6) is 5.75 Å². The zero-order chi connectivity index (χ0) is 9.52. The fourth-order valence-corrected chi connectivity index (χ4v) is 0.873. The molecule has 0 aliphatic heterocycles. The monoisotopic (exact) mass is 183 g/mol. The van der Waals surface area contributed by atoms with E-state index in [1.54, 1.807) is 24.3 Å². The highest BCUT2D eigenvalue weighted by Gasteiger charge is 1.92. The van der Waals surface area contributed by atoms with Gasteiger partial charge in [0.2, 0.25) is 0 Å². The van der Waals surface area contributed by atoms with Crippen LogP contribution in [0.15, 0.2) is 29.4 Å². The molecular weight excluding hydrogens is 173 g/mol. The molecule has 0 bridgehead atoms. The van der Waals surface area contributed by atoms with Crippen molar-refractivity contribution >= 4 is 6.21 Å². The predicted octanol–water partition coefficient (Wildman–Crippen LogP) is 1.84. The number of rotatable bonds is 4. The van der Waals surface area contributed by atoms with Crippen molar-refractivity contribution in [2.24, 2.45) is 5.16 Å². The highest BCUT2D eigenvalue weighted by Crippen LogP contribution is 2.10. The molecule has 0 heterocycles. The summed E-state index contributed by atoms with van der Waals surface area (Å²) in [4.78, 5) is 0. The first kappa shape index (κ1) is 9.51. The normalized spacial score (nSPS) is 10.5. The smallest absolute Gasteiger partial charge is 0.123 e. The Bertz CT molecular complexity index is 271. The zero-order valence-corrected chi connectivity index (χ0v) is 6.98. The highest BCUT2D eigenvalue weighted by molar-refractivity contribution is 5.79. The molecule has 0 radical (unpaired) electrons. The Balaban J connectivity index is 2.58. The summed E-state index contributed by atoms with van der Waals surface area (Å²) in [5.41, 5.74) is 0.759. The Labute approximate surface area is 75.4 Å². The first-order chi connectivity index (χ1) is 6.36. The largest absolute Gasteiger partial charge is 0.491 e. The summed E-state index contributed by atoms with van der Waals surface area (Å²) >= 11 is 0. The van der Waals surface area contributed by atoms with Crippen molar-refractivity contribution in [2.75, 3.05) is 13.3 Å². The van der Waals surface area contributed by atoms with Gasteiger partial charge in [-0.2, -0.15) is 0 Å². The van der Waals surface area contributed by atoms with Crippen molar-refractivity contribution in [1.82, 2.24) is 0 Å². The van der Waals surface area contributed by atoms with Crippen LogP contribution < -0.4 is 4.74 Å². The molecule has 0 spiro atoms. The van der Waals surface area contributed by atoms with Crippen LogP contribution in [0.2, 0.25) is 0 Å². The number of ether oxygens (including phenoxy) is 1. The maximum atomic E-state index is 11.7. The minimum absolute atomic E-state index is 0.0629. The summed E-state index contributed by atoms with van der Waals surface area (Å²) in [6, 6.07) is 6.81. The van der Waals surface area contributed by atoms with Gasteiger partial charge in [-0.1, -0.05) is 5.16 Å². The van der Waals surface area contributed by atoms with E-state index >= 15 is 0 Å². The number of alkyl halides is 1. The molecule has 0 saturated heterocycles. The lowest BCUT2D eigenvalue weighted by molar-refractivity contribution is 0.273. The van der Waals surface area contributed by atoms with Gasteiger partial charge in [-0.15, -0.1) is 0 Å². The third kappa shape index (κ3) is 3.11. The molecule has 0 aliphatic rings. The molecule has 0 unspecified atom stereocenters. The van der Waals surface area contributed by atoms with E-state index < -0.39 is 6.67 Å². The number of oxime groups is 1. The van der Waals surface area contributed by atoms with Crippen LogP contribution >= 0.6 is 0 Å². The third-order valence-corrected chi connectivity index (χ3v) is 1.43. The summed E-state index contributed by atoms with van der Waals surface area (Å²) in [6.45, 7) is -0.437. The van der Waals surface area contributed by atoms with Crippen LogP contribution in [0.4, 0.5) is 4.39 Å². The molecule has 1 aromatic rings. The molecule has 0 aromatic heterocycles. The van der Waals surface area contributed by atoms with Gasteiger partial charge in [0.15, 0.2) is 0 Å². The van der Waals surface area contributed by atoms with Crippen molar-refractivity contribution < 1.29 is 14.3 Å². The Morgan fingerprint density at radius 1 is 1.38 bits per heavy atom. The maximum absolute atomic E-state index is 11.7. The number of benzene rings is 1. The van der Waals surface area contributed by atoms with E-state index in [0.717, 1.165) is 5.56 Å². The Morgan fingerprint density at radius 3 is 2.62 bits per heavy atom. The van der Waals surface area contributed by atoms with E-state index in [9.17, 15) is 4.39 Å². The molecule has 0 atom stereocenters.